The number of rotatable bonds is 1. The standard InChI is InChI=1S/C7H11NO/c1-6-3-7(8-2)5-9-4-6/h4-5,8H,3H2,1-2H3. The van der Waals surface area contributed by atoms with Crippen molar-refractivity contribution in [3.8, 4) is 0 Å². The molecule has 0 aromatic carbocycles. The van der Waals surface area contributed by atoms with Crippen LogP contribution in [-0.2, 0) is 4.74 Å². The molecule has 0 aliphatic carbocycles. The van der Waals surface area contributed by atoms with Gasteiger partial charge in [-0.15, -0.1) is 0 Å². The lowest BCUT2D eigenvalue weighted by Crippen LogP contribution is -2.08. The van der Waals surface area contributed by atoms with Crippen LogP contribution in [0, 0.1) is 0 Å². The summed E-state index contributed by atoms with van der Waals surface area (Å²) in [5.41, 5.74) is 2.39. The van der Waals surface area contributed by atoms with Crippen molar-refractivity contribution in [2.45, 2.75) is 13.3 Å². The van der Waals surface area contributed by atoms with Gasteiger partial charge in [0.05, 0.1) is 12.0 Å². The summed E-state index contributed by atoms with van der Waals surface area (Å²) in [6.45, 7) is 2.05. The van der Waals surface area contributed by atoms with Gasteiger partial charge in [-0.2, -0.15) is 0 Å². The molecule has 0 fully saturated rings. The molecule has 0 saturated heterocycles. The molecular weight excluding hydrogens is 114 g/mol. The minimum absolute atomic E-state index is 0.983. The molecule has 0 spiro atoms. The Labute approximate surface area is 55.2 Å². The lowest BCUT2D eigenvalue weighted by molar-refractivity contribution is 0.377. The Morgan fingerprint density at radius 3 is 2.78 bits per heavy atom. The lowest BCUT2D eigenvalue weighted by atomic mass is 10.2. The van der Waals surface area contributed by atoms with E-state index >= 15 is 0 Å². The average Bonchev–Trinajstić information content (AvgIpc) is 1.88. The molecule has 2 heteroatoms. The minimum atomic E-state index is 0.983. The number of allylic oxidation sites excluding steroid dienone is 1. The van der Waals surface area contributed by atoms with E-state index in [9.17, 15) is 0 Å². The molecule has 0 atom stereocenters. The fourth-order valence-corrected chi connectivity index (χ4v) is 0.763. The zero-order valence-corrected chi connectivity index (χ0v) is 5.77. The Balaban J connectivity index is 2.51. The number of ether oxygens (including phenoxy) is 1. The van der Waals surface area contributed by atoms with Crippen molar-refractivity contribution in [3.05, 3.63) is 23.8 Å². The van der Waals surface area contributed by atoms with Gasteiger partial charge < -0.3 is 10.1 Å². The SMILES string of the molecule is CNC1=COC=C(C)C1. The predicted molar refractivity (Wildman–Crippen MR) is 36.6 cm³/mol. The molecule has 0 unspecified atom stereocenters. The molecule has 1 rings (SSSR count). The van der Waals surface area contributed by atoms with Gasteiger partial charge in [0, 0.05) is 13.5 Å². The third kappa shape index (κ3) is 1.49. The zero-order chi connectivity index (χ0) is 6.69. The number of hydrogen-bond acceptors (Lipinski definition) is 2. The molecule has 1 heterocycles. The van der Waals surface area contributed by atoms with Crippen LogP contribution < -0.4 is 5.32 Å². The fraction of sp³-hybridized carbons (Fsp3) is 0.429. The van der Waals surface area contributed by atoms with E-state index in [0.29, 0.717) is 0 Å². The van der Waals surface area contributed by atoms with Gasteiger partial charge in [0.15, 0.2) is 0 Å². The first-order chi connectivity index (χ1) is 4.33. The highest BCUT2D eigenvalue weighted by molar-refractivity contribution is 5.12. The fourth-order valence-electron chi connectivity index (χ4n) is 0.763. The van der Waals surface area contributed by atoms with Crippen LogP contribution in [0.3, 0.4) is 0 Å². The second kappa shape index (κ2) is 2.58. The van der Waals surface area contributed by atoms with Gasteiger partial charge in [-0.1, -0.05) is 0 Å². The van der Waals surface area contributed by atoms with Crippen LogP contribution in [-0.4, -0.2) is 7.05 Å². The Hall–Kier alpha value is -0.920. The van der Waals surface area contributed by atoms with Gasteiger partial charge in [0.2, 0.25) is 0 Å². The predicted octanol–water partition coefficient (Wildman–Crippen LogP) is 1.37. The zero-order valence-electron chi connectivity index (χ0n) is 5.77. The smallest absolute Gasteiger partial charge is 0.109 e. The molecule has 1 aliphatic heterocycles. The maximum absolute atomic E-state index is 5.00. The summed E-state index contributed by atoms with van der Waals surface area (Å²) >= 11 is 0. The van der Waals surface area contributed by atoms with Crippen LogP contribution in [0.25, 0.3) is 0 Å². The topological polar surface area (TPSA) is 21.3 Å². The quantitative estimate of drug-likeness (QED) is 0.571. The maximum Gasteiger partial charge on any atom is 0.109 e. The second-order valence-electron chi connectivity index (χ2n) is 2.17. The second-order valence-corrected chi connectivity index (χ2v) is 2.17. The van der Waals surface area contributed by atoms with Crippen LogP contribution in [0.1, 0.15) is 13.3 Å². The van der Waals surface area contributed by atoms with E-state index in [1.807, 2.05) is 14.0 Å². The van der Waals surface area contributed by atoms with Gasteiger partial charge in [-0.3, -0.25) is 0 Å². The molecule has 0 aromatic rings. The van der Waals surface area contributed by atoms with E-state index < -0.39 is 0 Å². The van der Waals surface area contributed by atoms with Crippen molar-refractivity contribution in [3.63, 3.8) is 0 Å². The van der Waals surface area contributed by atoms with E-state index in [2.05, 4.69) is 5.32 Å². The first-order valence-corrected chi connectivity index (χ1v) is 3.01. The maximum atomic E-state index is 5.00. The summed E-state index contributed by atoms with van der Waals surface area (Å²) in [7, 11) is 1.90. The Bertz CT molecular complexity index is 158. The van der Waals surface area contributed by atoms with Crippen LogP contribution in [0.2, 0.25) is 0 Å². The van der Waals surface area contributed by atoms with Crippen LogP contribution in [0.15, 0.2) is 23.8 Å². The molecule has 0 radical (unpaired) electrons. The Morgan fingerprint density at radius 1 is 1.56 bits per heavy atom. The van der Waals surface area contributed by atoms with E-state index in [-0.39, 0.29) is 0 Å². The molecule has 0 aromatic heterocycles. The van der Waals surface area contributed by atoms with Gasteiger partial charge in [-0.25, -0.2) is 0 Å². The summed E-state index contributed by atoms with van der Waals surface area (Å²) in [5.74, 6) is 0. The van der Waals surface area contributed by atoms with Crippen molar-refractivity contribution in [1.29, 1.82) is 0 Å². The highest BCUT2D eigenvalue weighted by atomic mass is 16.5. The number of nitrogens with one attached hydrogen (secondary N) is 1. The van der Waals surface area contributed by atoms with Crippen LogP contribution >= 0.6 is 0 Å². The molecule has 9 heavy (non-hydrogen) atoms. The number of hydrogen-bond donors (Lipinski definition) is 1. The highest BCUT2D eigenvalue weighted by Gasteiger charge is 2.00. The molecular formula is C7H11NO. The molecule has 50 valence electrons. The van der Waals surface area contributed by atoms with Crippen LogP contribution in [0.5, 0.6) is 0 Å². The van der Waals surface area contributed by atoms with Crippen molar-refractivity contribution in [2.75, 3.05) is 7.05 Å². The highest BCUT2D eigenvalue weighted by Crippen LogP contribution is 2.12. The van der Waals surface area contributed by atoms with Crippen molar-refractivity contribution >= 4 is 0 Å². The third-order valence-corrected chi connectivity index (χ3v) is 1.27. The van der Waals surface area contributed by atoms with E-state index in [1.165, 1.54) is 5.57 Å². The summed E-state index contributed by atoms with van der Waals surface area (Å²) < 4.78 is 5.00. The van der Waals surface area contributed by atoms with Crippen molar-refractivity contribution in [2.24, 2.45) is 0 Å². The van der Waals surface area contributed by atoms with Crippen LogP contribution in [0.4, 0.5) is 0 Å². The molecule has 1 aliphatic rings. The van der Waals surface area contributed by atoms with Gasteiger partial charge in [0.25, 0.3) is 0 Å². The van der Waals surface area contributed by atoms with Crippen molar-refractivity contribution in [1.82, 2.24) is 5.32 Å². The molecule has 0 bridgehead atoms. The third-order valence-electron chi connectivity index (χ3n) is 1.27. The van der Waals surface area contributed by atoms with E-state index in [1.54, 1.807) is 12.5 Å². The van der Waals surface area contributed by atoms with E-state index in [4.69, 9.17) is 4.74 Å². The minimum Gasteiger partial charge on any atom is -0.471 e. The molecule has 1 N–H and O–H groups in total. The largest absolute Gasteiger partial charge is 0.471 e. The summed E-state index contributed by atoms with van der Waals surface area (Å²) in [5, 5.41) is 3.03. The Kier molecular flexibility index (Phi) is 1.78. The van der Waals surface area contributed by atoms with Gasteiger partial charge in [-0.05, 0) is 12.5 Å². The van der Waals surface area contributed by atoms with Gasteiger partial charge in [0.1, 0.15) is 6.26 Å². The Morgan fingerprint density at radius 2 is 2.33 bits per heavy atom. The first kappa shape index (κ1) is 6.20. The summed E-state index contributed by atoms with van der Waals surface area (Å²) in [4.78, 5) is 0. The lowest BCUT2D eigenvalue weighted by Gasteiger charge is -2.10. The summed E-state index contributed by atoms with van der Waals surface area (Å²) in [6, 6.07) is 0. The normalized spacial score (nSPS) is 17.6. The molecule has 2 nitrogen and oxygen atoms in total. The summed E-state index contributed by atoms with van der Waals surface area (Å²) in [6.07, 6.45) is 4.48. The first-order valence-electron chi connectivity index (χ1n) is 3.01. The van der Waals surface area contributed by atoms with Crippen molar-refractivity contribution < 1.29 is 4.74 Å². The monoisotopic (exact) mass is 125 g/mol. The average molecular weight is 125 g/mol. The van der Waals surface area contributed by atoms with Gasteiger partial charge >= 0.3 is 0 Å². The van der Waals surface area contributed by atoms with E-state index in [0.717, 1.165) is 12.1 Å². The molecule has 0 saturated carbocycles. The molecule has 0 amide bonds.